The van der Waals surface area contributed by atoms with Gasteiger partial charge in [0.05, 0.1) is 5.56 Å². The van der Waals surface area contributed by atoms with Crippen LogP contribution in [0.5, 0.6) is 11.5 Å². The van der Waals surface area contributed by atoms with Gasteiger partial charge in [-0.1, -0.05) is 30.3 Å². The fraction of sp³-hybridized carbons (Fsp3) is 0. The van der Waals surface area contributed by atoms with Crippen molar-refractivity contribution in [2.75, 3.05) is 0 Å². The number of phenolic OH excluding ortho intramolecular Hbond substituents is 2. The summed E-state index contributed by atoms with van der Waals surface area (Å²) in [5.41, 5.74) is 1.32. The van der Waals surface area contributed by atoms with E-state index in [0.29, 0.717) is 17.2 Å². The number of aromatic hydroxyl groups is 2. The highest BCUT2D eigenvalue weighted by Crippen LogP contribution is 2.30. The summed E-state index contributed by atoms with van der Waals surface area (Å²) in [6, 6.07) is 13.8. The molecule has 98 valence electrons. The molecule has 0 radical (unpaired) electrons. The molecular formula is C15H11N3O2. The normalized spacial score (nSPS) is 10.4. The number of hydrogen-bond acceptors (Lipinski definition) is 5. The summed E-state index contributed by atoms with van der Waals surface area (Å²) in [6.07, 6.45) is 1.40. The Morgan fingerprint density at radius 2 is 1.55 bits per heavy atom. The molecule has 3 aromatic rings. The highest BCUT2D eigenvalue weighted by molar-refractivity contribution is 5.66. The SMILES string of the molecule is Oc1ccc(-c2ncnc(-c3ccccc3)n2)c(O)c1. The molecule has 0 spiro atoms. The van der Waals surface area contributed by atoms with Crippen LogP contribution < -0.4 is 0 Å². The molecule has 1 heterocycles. The third kappa shape index (κ3) is 2.29. The number of rotatable bonds is 2. The van der Waals surface area contributed by atoms with Gasteiger partial charge in [0.25, 0.3) is 0 Å². The molecule has 3 rings (SSSR count). The van der Waals surface area contributed by atoms with E-state index < -0.39 is 0 Å². The molecule has 0 fully saturated rings. The van der Waals surface area contributed by atoms with Crippen molar-refractivity contribution in [3.8, 4) is 34.3 Å². The van der Waals surface area contributed by atoms with Crippen molar-refractivity contribution < 1.29 is 10.2 Å². The average molecular weight is 265 g/mol. The van der Waals surface area contributed by atoms with E-state index in [1.807, 2.05) is 30.3 Å². The van der Waals surface area contributed by atoms with E-state index in [0.717, 1.165) is 5.56 Å². The number of aromatic nitrogens is 3. The number of phenols is 2. The van der Waals surface area contributed by atoms with Gasteiger partial charge in [-0.3, -0.25) is 0 Å². The van der Waals surface area contributed by atoms with Crippen molar-refractivity contribution in [1.29, 1.82) is 0 Å². The van der Waals surface area contributed by atoms with Gasteiger partial charge in [0.2, 0.25) is 0 Å². The largest absolute Gasteiger partial charge is 0.508 e. The maximum Gasteiger partial charge on any atom is 0.167 e. The smallest absolute Gasteiger partial charge is 0.167 e. The zero-order valence-electron chi connectivity index (χ0n) is 10.4. The fourth-order valence-electron chi connectivity index (χ4n) is 1.86. The summed E-state index contributed by atoms with van der Waals surface area (Å²) < 4.78 is 0. The van der Waals surface area contributed by atoms with Gasteiger partial charge in [-0.2, -0.15) is 0 Å². The van der Waals surface area contributed by atoms with Gasteiger partial charge in [0.15, 0.2) is 11.6 Å². The monoisotopic (exact) mass is 265 g/mol. The van der Waals surface area contributed by atoms with E-state index in [4.69, 9.17) is 0 Å². The topological polar surface area (TPSA) is 79.1 Å². The van der Waals surface area contributed by atoms with Gasteiger partial charge in [-0.05, 0) is 12.1 Å². The first-order valence-corrected chi connectivity index (χ1v) is 6.01. The van der Waals surface area contributed by atoms with Crippen molar-refractivity contribution in [3.05, 3.63) is 54.9 Å². The summed E-state index contributed by atoms with van der Waals surface area (Å²) in [4.78, 5) is 12.5. The third-order valence-corrected chi connectivity index (χ3v) is 2.83. The molecule has 2 aromatic carbocycles. The lowest BCUT2D eigenvalue weighted by Crippen LogP contribution is -1.95. The van der Waals surface area contributed by atoms with Crippen LogP contribution in [0.15, 0.2) is 54.9 Å². The lowest BCUT2D eigenvalue weighted by atomic mass is 10.1. The van der Waals surface area contributed by atoms with Crippen molar-refractivity contribution >= 4 is 0 Å². The maximum absolute atomic E-state index is 9.85. The van der Waals surface area contributed by atoms with Crippen LogP contribution >= 0.6 is 0 Å². The van der Waals surface area contributed by atoms with Crippen LogP contribution in [0.2, 0.25) is 0 Å². The Morgan fingerprint density at radius 3 is 2.30 bits per heavy atom. The van der Waals surface area contributed by atoms with Crippen molar-refractivity contribution in [2.24, 2.45) is 0 Å². The lowest BCUT2D eigenvalue weighted by Gasteiger charge is -2.05. The first-order valence-electron chi connectivity index (χ1n) is 6.01. The van der Waals surface area contributed by atoms with E-state index in [2.05, 4.69) is 15.0 Å². The summed E-state index contributed by atoms with van der Waals surface area (Å²) in [5.74, 6) is 0.804. The van der Waals surface area contributed by atoms with Crippen molar-refractivity contribution in [3.63, 3.8) is 0 Å². The molecule has 5 nitrogen and oxygen atoms in total. The first-order chi connectivity index (χ1) is 9.74. The molecule has 0 aliphatic heterocycles. The Balaban J connectivity index is 2.08. The van der Waals surface area contributed by atoms with E-state index in [1.165, 1.54) is 18.5 Å². The van der Waals surface area contributed by atoms with E-state index >= 15 is 0 Å². The zero-order chi connectivity index (χ0) is 13.9. The molecule has 0 saturated carbocycles. The molecule has 5 heteroatoms. The maximum atomic E-state index is 9.85. The zero-order valence-corrected chi connectivity index (χ0v) is 10.4. The molecule has 0 saturated heterocycles. The predicted octanol–water partition coefficient (Wildman–Crippen LogP) is 2.62. The van der Waals surface area contributed by atoms with Crippen LogP contribution in [0, 0.1) is 0 Å². The van der Waals surface area contributed by atoms with Gasteiger partial charge in [0, 0.05) is 11.6 Å². The molecule has 20 heavy (non-hydrogen) atoms. The van der Waals surface area contributed by atoms with E-state index in [-0.39, 0.29) is 11.5 Å². The molecule has 0 amide bonds. The van der Waals surface area contributed by atoms with Crippen LogP contribution in [-0.2, 0) is 0 Å². The van der Waals surface area contributed by atoms with Crippen LogP contribution in [0.25, 0.3) is 22.8 Å². The first kappa shape index (κ1) is 12.1. The average Bonchev–Trinajstić information content (AvgIpc) is 2.48. The molecule has 0 aliphatic carbocycles. The van der Waals surface area contributed by atoms with Gasteiger partial charge in [0.1, 0.15) is 17.8 Å². The summed E-state index contributed by atoms with van der Waals surface area (Å²) in [5, 5.41) is 19.1. The standard InChI is InChI=1S/C15H11N3O2/c19-11-6-7-12(13(20)8-11)15-17-9-16-14(18-15)10-4-2-1-3-5-10/h1-9,19-20H. The fourth-order valence-corrected chi connectivity index (χ4v) is 1.86. The predicted molar refractivity (Wildman–Crippen MR) is 74.0 cm³/mol. The van der Waals surface area contributed by atoms with Crippen LogP contribution in [0.4, 0.5) is 0 Å². The summed E-state index contributed by atoms with van der Waals surface area (Å²) in [6.45, 7) is 0. The Morgan fingerprint density at radius 1 is 0.800 bits per heavy atom. The highest BCUT2D eigenvalue weighted by Gasteiger charge is 2.10. The minimum atomic E-state index is -0.0739. The molecule has 0 bridgehead atoms. The molecule has 1 aromatic heterocycles. The number of benzene rings is 2. The molecule has 0 atom stereocenters. The Hall–Kier alpha value is -2.95. The highest BCUT2D eigenvalue weighted by atomic mass is 16.3. The van der Waals surface area contributed by atoms with Crippen molar-refractivity contribution in [1.82, 2.24) is 15.0 Å². The van der Waals surface area contributed by atoms with Gasteiger partial charge in [-0.25, -0.2) is 15.0 Å². The second kappa shape index (κ2) is 4.97. The van der Waals surface area contributed by atoms with Crippen molar-refractivity contribution in [2.45, 2.75) is 0 Å². The van der Waals surface area contributed by atoms with Crippen LogP contribution in [0.1, 0.15) is 0 Å². The molecule has 0 unspecified atom stereocenters. The molecule has 0 aliphatic rings. The molecular weight excluding hydrogens is 254 g/mol. The summed E-state index contributed by atoms with van der Waals surface area (Å²) in [7, 11) is 0. The minimum absolute atomic E-state index is 0.0106. The van der Waals surface area contributed by atoms with Gasteiger partial charge in [-0.15, -0.1) is 0 Å². The van der Waals surface area contributed by atoms with E-state index in [9.17, 15) is 10.2 Å². The second-order valence-corrected chi connectivity index (χ2v) is 4.20. The lowest BCUT2D eigenvalue weighted by molar-refractivity contribution is 0.451. The van der Waals surface area contributed by atoms with Crippen LogP contribution in [0.3, 0.4) is 0 Å². The van der Waals surface area contributed by atoms with Gasteiger partial charge >= 0.3 is 0 Å². The van der Waals surface area contributed by atoms with E-state index in [1.54, 1.807) is 6.07 Å². The number of hydrogen-bond donors (Lipinski definition) is 2. The second-order valence-electron chi connectivity index (χ2n) is 4.20. The number of nitrogens with zero attached hydrogens (tertiary/aromatic N) is 3. The quantitative estimate of drug-likeness (QED) is 0.744. The van der Waals surface area contributed by atoms with Gasteiger partial charge < -0.3 is 10.2 Å². The third-order valence-electron chi connectivity index (χ3n) is 2.83. The Kier molecular flexibility index (Phi) is 3.01. The Labute approximate surface area is 115 Å². The van der Waals surface area contributed by atoms with Crippen LogP contribution in [-0.4, -0.2) is 25.2 Å². The Bertz CT molecular complexity index is 745. The minimum Gasteiger partial charge on any atom is -0.508 e. The molecule has 2 N–H and O–H groups in total. The summed E-state index contributed by atoms with van der Waals surface area (Å²) >= 11 is 0.